The number of anilines is 1. The highest BCUT2D eigenvalue weighted by molar-refractivity contribution is 5.93. The van der Waals surface area contributed by atoms with Gasteiger partial charge in [0.15, 0.2) is 5.69 Å². The van der Waals surface area contributed by atoms with E-state index in [9.17, 15) is 14.7 Å². The summed E-state index contributed by atoms with van der Waals surface area (Å²) in [7, 11) is 0. The molecular weight excluding hydrogens is 274 g/mol. The summed E-state index contributed by atoms with van der Waals surface area (Å²) in [6, 6.07) is 6.29. The van der Waals surface area contributed by atoms with Crippen LogP contribution in [0, 0.1) is 6.92 Å². The van der Waals surface area contributed by atoms with Crippen LogP contribution in [0.25, 0.3) is 5.69 Å². The minimum Gasteiger partial charge on any atom is -0.478 e. The van der Waals surface area contributed by atoms with Crippen molar-refractivity contribution >= 4 is 17.8 Å². The van der Waals surface area contributed by atoms with E-state index in [1.807, 2.05) is 0 Å². The number of rotatable bonds is 4. The van der Waals surface area contributed by atoms with Gasteiger partial charge in [0.1, 0.15) is 5.82 Å². The predicted molar refractivity (Wildman–Crippen MR) is 75.6 cm³/mol. The van der Waals surface area contributed by atoms with Gasteiger partial charge in [0.05, 0.1) is 17.9 Å². The maximum atomic E-state index is 11.8. The molecule has 21 heavy (non-hydrogen) atoms. The van der Waals surface area contributed by atoms with Crippen LogP contribution in [0.4, 0.5) is 5.82 Å². The van der Waals surface area contributed by atoms with E-state index in [1.54, 1.807) is 32.0 Å². The van der Waals surface area contributed by atoms with Gasteiger partial charge >= 0.3 is 11.9 Å². The molecule has 0 saturated carbocycles. The summed E-state index contributed by atoms with van der Waals surface area (Å²) in [5.41, 5.74) is 6.81. The highest BCUT2D eigenvalue weighted by Crippen LogP contribution is 2.23. The lowest BCUT2D eigenvalue weighted by Crippen LogP contribution is -2.10. The molecule has 3 N–H and O–H groups in total. The van der Waals surface area contributed by atoms with E-state index in [0.717, 1.165) is 0 Å². The van der Waals surface area contributed by atoms with Crippen LogP contribution in [0.1, 0.15) is 33.3 Å². The SMILES string of the molecule is CCOC(=O)c1nn(-c2ccccc2C(=O)O)c(N)c1C. The lowest BCUT2D eigenvalue weighted by atomic mass is 10.2. The van der Waals surface area contributed by atoms with Crippen molar-refractivity contribution in [3.05, 3.63) is 41.1 Å². The average Bonchev–Trinajstić information content (AvgIpc) is 2.75. The van der Waals surface area contributed by atoms with Gasteiger partial charge < -0.3 is 15.6 Å². The second kappa shape index (κ2) is 5.66. The summed E-state index contributed by atoms with van der Waals surface area (Å²) in [6.45, 7) is 3.54. The third-order valence-electron chi connectivity index (χ3n) is 3.00. The molecule has 1 aromatic carbocycles. The number of aromatic carboxylic acids is 1. The molecule has 0 aliphatic carbocycles. The van der Waals surface area contributed by atoms with Crippen molar-refractivity contribution in [1.29, 1.82) is 0 Å². The van der Waals surface area contributed by atoms with Crippen LogP contribution in [-0.4, -0.2) is 33.4 Å². The minimum absolute atomic E-state index is 0.0436. The lowest BCUT2D eigenvalue weighted by molar-refractivity contribution is 0.0517. The third-order valence-corrected chi connectivity index (χ3v) is 3.00. The zero-order chi connectivity index (χ0) is 15.6. The van der Waals surface area contributed by atoms with Crippen LogP contribution in [0.2, 0.25) is 0 Å². The summed E-state index contributed by atoms with van der Waals surface area (Å²) in [5, 5.41) is 13.3. The summed E-state index contributed by atoms with van der Waals surface area (Å²) >= 11 is 0. The van der Waals surface area contributed by atoms with Crippen LogP contribution < -0.4 is 5.73 Å². The first-order valence-electron chi connectivity index (χ1n) is 6.32. The summed E-state index contributed by atoms with van der Waals surface area (Å²) in [6.07, 6.45) is 0. The van der Waals surface area contributed by atoms with Gasteiger partial charge in [-0.15, -0.1) is 0 Å². The average molecular weight is 289 g/mol. The first kappa shape index (κ1) is 14.6. The van der Waals surface area contributed by atoms with Crippen LogP contribution in [0.3, 0.4) is 0 Å². The number of nitrogen functional groups attached to an aromatic ring is 1. The Kier molecular flexibility index (Phi) is 3.93. The fraction of sp³-hybridized carbons (Fsp3) is 0.214. The zero-order valence-corrected chi connectivity index (χ0v) is 11.7. The van der Waals surface area contributed by atoms with Gasteiger partial charge in [-0.3, -0.25) is 0 Å². The van der Waals surface area contributed by atoms with E-state index in [1.165, 1.54) is 10.7 Å². The van der Waals surface area contributed by atoms with Crippen molar-refractivity contribution < 1.29 is 19.4 Å². The number of carboxylic acid groups (broad SMARTS) is 1. The highest BCUT2D eigenvalue weighted by atomic mass is 16.5. The second-order valence-electron chi connectivity index (χ2n) is 4.31. The second-order valence-corrected chi connectivity index (χ2v) is 4.31. The van der Waals surface area contributed by atoms with Crippen LogP contribution in [0.5, 0.6) is 0 Å². The Bertz CT molecular complexity index is 706. The number of benzene rings is 1. The monoisotopic (exact) mass is 289 g/mol. The number of para-hydroxylation sites is 1. The quantitative estimate of drug-likeness (QED) is 0.828. The largest absolute Gasteiger partial charge is 0.478 e. The van der Waals surface area contributed by atoms with Gasteiger partial charge in [-0.2, -0.15) is 5.10 Å². The predicted octanol–water partition coefficient (Wildman–Crippen LogP) is 1.64. The van der Waals surface area contributed by atoms with Gasteiger partial charge in [0, 0.05) is 5.56 Å². The van der Waals surface area contributed by atoms with E-state index < -0.39 is 11.9 Å². The van der Waals surface area contributed by atoms with Crippen LogP contribution >= 0.6 is 0 Å². The number of aromatic nitrogens is 2. The Hall–Kier alpha value is -2.83. The number of hydrogen-bond donors (Lipinski definition) is 2. The molecule has 0 amide bonds. The molecule has 110 valence electrons. The molecule has 2 rings (SSSR count). The Morgan fingerprint density at radius 3 is 2.67 bits per heavy atom. The molecule has 0 fully saturated rings. The highest BCUT2D eigenvalue weighted by Gasteiger charge is 2.22. The topological polar surface area (TPSA) is 107 Å². The summed E-state index contributed by atoms with van der Waals surface area (Å²) in [5.74, 6) is -1.49. The number of ether oxygens (including phenoxy) is 1. The van der Waals surface area contributed by atoms with E-state index in [2.05, 4.69) is 5.10 Å². The van der Waals surface area contributed by atoms with E-state index in [-0.39, 0.29) is 23.7 Å². The molecule has 7 nitrogen and oxygen atoms in total. The molecule has 0 saturated heterocycles. The molecule has 7 heteroatoms. The van der Waals surface area contributed by atoms with Crippen molar-refractivity contribution in [2.75, 3.05) is 12.3 Å². The third kappa shape index (κ3) is 2.58. The van der Waals surface area contributed by atoms with Crippen molar-refractivity contribution in [3.63, 3.8) is 0 Å². The fourth-order valence-corrected chi connectivity index (χ4v) is 1.93. The van der Waals surface area contributed by atoms with E-state index in [0.29, 0.717) is 11.3 Å². The van der Waals surface area contributed by atoms with E-state index in [4.69, 9.17) is 10.5 Å². The first-order chi connectivity index (χ1) is 9.97. The Labute approximate surface area is 120 Å². The minimum atomic E-state index is -1.10. The van der Waals surface area contributed by atoms with Crippen molar-refractivity contribution in [2.24, 2.45) is 0 Å². The van der Waals surface area contributed by atoms with Crippen LogP contribution in [0.15, 0.2) is 24.3 Å². The molecule has 0 aliphatic heterocycles. The number of esters is 1. The van der Waals surface area contributed by atoms with Gasteiger partial charge in [-0.05, 0) is 26.0 Å². The van der Waals surface area contributed by atoms with E-state index >= 15 is 0 Å². The van der Waals surface area contributed by atoms with Gasteiger partial charge in [0.2, 0.25) is 0 Å². The molecule has 0 unspecified atom stereocenters. The number of nitrogens with zero attached hydrogens (tertiary/aromatic N) is 2. The summed E-state index contributed by atoms with van der Waals surface area (Å²) < 4.78 is 6.15. The van der Waals surface area contributed by atoms with Crippen molar-refractivity contribution in [1.82, 2.24) is 9.78 Å². The Balaban J connectivity index is 2.59. The standard InChI is InChI=1S/C14H15N3O4/c1-3-21-14(20)11-8(2)12(15)17(16-11)10-7-5-4-6-9(10)13(18)19/h4-7H,3,15H2,1-2H3,(H,18,19). The Morgan fingerprint density at radius 1 is 1.38 bits per heavy atom. The van der Waals surface area contributed by atoms with Crippen LogP contribution in [-0.2, 0) is 4.74 Å². The number of nitrogens with two attached hydrogens (primary N) is 1. The molecule has 0 bridgehead atoms. The van der Waals surface area contributed by atoms with Crippen molar-refractivity contribution in [2.45, 2.75) is 13.8 Å². The van der Waals surface area contributed by atoms with Crippen molar-refractivity contribution in [3.8, 4) is 5.69 Å². The molecule has 0 spiro atoms. The van der Waals surface area contributed by atoms with Gasteiger partial charge in [0.25, 0.3) is 0 Å². The molecule has 2 aromatic rings. The maximum absolute atomic E-state index is 11.8. The first-order valence-corrected chi connectivity index (χ1v) is 6.32. The fourth-order valence-electron chi connectivity index (χ4n) is 1.93. The van der Waals surface area contributed by atoms with Gasteiger partial charge in [-0.25, -0.2) is 14.3 Å². The molecule has 0 radical (unpaired) electrons. The number of carboxylic acids is 1. The number of carbonyl (C=O) groups excluding carboxylic acids is 1. The normalized spacial score (nSPS) is 10.4. The number of hydrogen-bond acceptors (Lipinski definition) is 5. The Morgan fingerprint density at radius 2 is 2.05 bits per heavy atom. The molecule has 1 aromatic heterocycles. The molecule has 1 heterocycles. The van der Waals surface area contributed by atoms with Gasteiger partial charge in [-0.1, -0.05) is 12.1 Å². The lowest BCUT2D eigenvalue weighted by Gasteiger charge is -2.07. The zero-order valence-electron chi connectivity index (χ0n) is 11.7. The smallest absolute Gasteiger partial charge is 0.359 e. The summed E-state index contributed by atoms with van der Waals surface area (Å²) in [4.78, 5) is 23.1. The maximum Gasteiger partial charge on any atom is 0.359 e. The molecule has 0 aliphatic rings. The molecular formula is C14H15N3O4. The number of carbonyl (C=O) groups is 2. The molecule has 0 atom stereocenters.